The Morgan fingerprint density at radius 1 is 1.42 bits per heavy atom. The van der Waals surface area contributed by atoms with Crippen molar-refractivity contribution < 1.29 is 4.74 Å². The van der Waals surface area contributed by atoms with E-state index >= 15 is 0 Å². The van der Waals surface area contributed by atoms with Crippen LogP contribution in [-0.4, -0.2) is 22.3 Å². The monoisotopic (exact) mass is 177 g/mol. The van der Waals surface area contributed by atoms with Crippen LogP contribution in [0.15, 0.2) is 24.3 Å². The van der Waals surface area contributed by atoms with Gasteiger partial charge < -0.3 is 9.72 Å². The Morgan fingerprint density at radius 3 is 3.00 bits per heavy atom. The number of aromatic nitrogens is 1. The molecule has 1 N–H and O–H groups in total. The molecule has 1 aromatic heterocycles. The number of H-pyrrole nitrogens is 1. The molecule has 3 heteroatoms. The minimum atomic E-state index is 0.926. The first-order chi connectivity index (χ1) is 5.81. The first-order valence-corrected chi connectivity index (χ1v) is 4.93. The molecular formula is C9H11NOSi. The van der Waals surface area contributed by atoms with Crippen LogP contribution in [-0.2, 0) is 0 Å². The lowest BCUT2D eigenvalue weighted by Gasteiger charge is -1.99. The summed E-state index contributed by atoms with van der Waals surface area (Å²) < 4.78 is 5.22. The minimum absolute atomic E-state index is 0.926. The third-order valence-corrected chi connectivity index (χ3v) is 2.51. The van der Waals surface area contributed by atoms with Crippen molar-refractivity contribution in [1.82, 2.24) is 4.98 Å². The fourth-order valence-electron chi connectivity index (χ4n) is 1.44. The molecule has 0 saturated carbocycles. The maximum absolute atomic E-state index is 5.22. The van der Waals surface area contributed by atoms with E-state index in [2.05, 4.69) is 17.1 Å². The predicted octanol–water partition coefficient (Wildman–Crippen LogP) is 0.167. The second-order valence-corrected chi connectivity index (χ2v) is 3.95. The van der Waals surface area contributed by atoms with Gasteiger partial charge in [-0.3, -0.25) is 0 Å². The van der Waals surface area contributed by atoms with Gasteiger partial charge in [-0.1, -0.05) is 12.1 Å². The molecule has 0 atom stereocenters. The average Bonchev–Trinajstić information content (AvgIpc) is 2.44. The molecule has 1 heterocycles. The van der Waals surface area contributed by atoms with Crippen LogP contribution in [0.5, 0.6) is 5.75 Å². The summed E-state index contributed by atoms with van der Waals surface area (Å²) in [6.45, 7) is 0. The Bertz CT molecular complexity index is 408. The lowest BCUT2D eigenvalue weighted by molar-refractivity contribution is 0.419. The topological polar surface area (TPSA) is 25.0 Å². The third kappa shape index (κ3) is 1.02. The van der Waals surface area contributed by atoms with Gasteiger partial charge in [-0.05, 0) is 17.4 Å². The van der Waals surface area contributed by atoms with Crippen LogP contribution < -0.4 is 10.1 Å². The van der Waals surface area contributed by atoms with Gasteiger partial charge in [0.25, 0.3) is 0 Å². The molecule has 2 nitrogen and oxygen atoms in total. The zero-order chi connectivity index (χ0) is 8.55. The van der Waals surface area contributed by atoms with Crippen LogP contribution in [0.2, 0.25) is 0 Å². The molecule has 0 bridgehead atoms. The Kier molecular flexibility index (Phi) is 1.66. The summed E-state index contributed by atoms with van der Waals surface area (Å²) in [6, 6.07) is 8.25. The maximum atomic E-state index is 5.22. The van der Waals surface area contributed by atoms with Crippen molar-refractivity contribution in [2.75, 3.05) is 7.11 Å². The van der Waals surface area contributed by atoms with E-state index in [1.54, 1.807) is 7.11 Å². The van der Waals surface area contributed by atoms with Crippen molar-refractivity contribution in [2.45, 2.75) is 0 Å². The van der Waals surface area contributed by atoms with Crippen molar-refractivity contribution >= 4 is 26.5 Å². The van der Waals surface area contributed by atoms with Crippen molar-refractivity contribution in [3.8, 4) is 5.75 Å². The molecule has 62 valence electrons. The van der Waals surface area contributed by atoms with E-state index in [1.165, 1.54) is 10.7 Å². The Labute approximate surface area is 74.0 Å². The van der Waals surface area contributed by atoms with Crippen molar-refractivity contribution in [3.63, 3.8) is 0 Å². The first-order valence-electron chi connectivity index (χ1n) is 3.93. The van der Waals surface area contributed by atoms with Crippen molar-refractivity contribution in [3.05, 3.63) is 24.3 Å². The summed E-state index contributed by atoms with van der Waals surface area (Å²) in [7, 11) is 2.75. The van der Waals surface area contributed by atoms with Gasteiger partial charge >= 0.3 is 0 Å². The number of hydrogen-bond acceptors (Lipinski definition) is 1. The molecule has 1 aromatic carbocycles. The van der Waals surface area contributed by atoms with Gasteiger partial charge in [0.2, 0.25) is 0 Å². The van der Waals surface area contributed by atoms with E-state index in [0.717, 1.165) is 21.5 Å². The third-order valence-electron chi connectivity index (χ3n) is 1.97. The van der Waals surface area contributed by atoms with Crippen LogP contribution in [0.4, 0.5) is 0 Å². The zero-order valence-electron chi connectivity index (χ0n) is 7.22. The molecule has 0 unspecified atom stereocenters. The highest BCUT2D eigenvalue weighted by molar-refractivity contribution is 6.32. The lowest BCUT2D eigenvalue weighted by Crippen LogP contribution is -1.99. The highest BCUT2D eigenvalue weighted by Crippen LogP contribution is 2.21. The predicted molar refractivity (Wildman–Crippen MR) is 54.4 cm³/mol. The largest absolute Gasteiger partial charge is 0.495 e. The highest BCUT2D eigenvalue weighted by Gasteiger charge is 2.01. The van der Waals surface area contributed by atoms with Crippen LogP contribution in [0.3, 0.4) is 0 Å². The summed E-state index contributed by atoms with van der Waals surface area (Å²) in [6.07, 6.45) is 0. The molecule has 0 saturated heterocycles. The molecule has 0 aliphatic carbocycles. The number of aromatic amines is 1. The lowest BCUT2D eigenvalue weighted by atomic mass is 10.2. The fraction of sp³-hybridized carbons (Fsp3) is 0.111. The molecule has 2 rings (SSSR count). The maximum Gasteiger partial charge on any atom is 0.142 e. The second-order valence-electron chi connectivity index (χ2n) is 2.88. The Balaban J connectivity index is 2.78. The van der Waals surface area contributed by atoms with E-state index in [1.807, 2.05) is 12.1 Å². The van der Waals surface area contributed by atoms with Crippen LogP contribution in [0.25, 0.3) is 10.9 Å². The number of methoxy groups -OCH3 is 1. The SMILES string of the molecule is COc1cccc2cc([SiH3])[nH]c12. The average molecular weight is 177 g/mol. The number of para-hydroxylation sites is 1. The van der Waals surface area contributed by atoms with E-state index in [0.29, 0.717) is 0 Å². The first kappa shape index (κ1) is 7.43. The number of rotatable bonds is 1. The number of nitrogens with one attached hydrogen (secondary N) is 1. The van der Waals surface area contributed by atoms with Gasteiger partial charge in [0, 0.05) is 5.39 Å². The molecule has 12 heavy (non-hydrogen) atoms. The Hall–Kier alpha value is -1.22. The molecule has 0 aliphatic heterocycles. The number of benzene rings is 1. The molecule has 0 fully saturated rings. The highest BCUT2D eigenvalue weighted by atomic mass is 28.1. The van der Waals surface area contributed by atoms with Crippen LogP contribution in [0.1, 0.15) is 0 Å². The molecule has 2 aromatic rings. The van der Waals surface area contributed by atoms with Crippen LogP contribution >= 0.6 is 0 Å². The van der Waals surface area contributed by atoms with Gasteiger partial charge in [0.05, 0.1) is 22.9 Å². The molecule has 0 aliphatic rings. The molecule has 0 amide bonds. The standard InChI is InChI=1S/C9H11NOSi/c1-11-7-4-2-3-6-5-8(12)10-9(6)7/h2-5,10H,1,12H3. The molecular weight excluding hydrogens is 166 g/mol. The minimum Gasteiger partial charge on any atom is -0.495 e. The van der Waals surface area contributed by atoms with Crippen LogP contribution in [0, 0.1) is 0 Å². The second kappa shape index (κ2) is 2.68. The van der Waals surface area contributed by atoms with Gasteiger partial charge in [-0.25, -0.2) is 0 Å². The number of fused-ring (bicyclic) bond motifs is 1. The smallest absolute Gasteiger partial charge is 0.142 e. The van der Waals surface area contributed by atoms with Gasteiger partial charge in [-0.15, -0.1) is 0 Å². The summed E-state index contributed by atoms with van der Waals surface area (Å²) in [4.78, 5) is 3.31. The van der Waals surface area contributed by atoms with Gasteiger partial charge in [0.1, 0.15) is 5.75 Å². The number of ether oxygens (including phenoxy) is 1. The van der Waals surface area contributed by atoms with Gasteiger partial charge in [-0.2, -0.15) is 0 Å². The summed E-state index contributed by atoms with van der Waals surface area (Å²) in [5, 5.41) is 2.54. The quantitative estimate of drug-likeness (QED) is 0.617. The zero-order valence-corrected chi connectivity index (χ0v) is 9.22. The van der Waals surface area contributed by atoms with E-state index in [9.17, 15) is 0 Å². The molecule has 0 spiro atoms. The Morgan fingerprint density at radius 2 is 2.25 bits per heavy atom. The van der Waals surface area contributed by atoms with Crippen molar-refractivity contribution in [2.24, 2.45) is 0 Å². The normalized spacial score (nSPS) is 10.8. The van der Waals surface area contributed by atoms with Gasteiger partial charge in [0.15, 0.2) is 0 Å². The number of hydrogen-bond donors (Lipinski definition) is 1. The molecule has 0 radical (unpaired) electrons. The van der Waals surface area contributed by atoms with E-state index in [-0.39, 0.29) is 0 Å². The summed E-state index contributed by atoms with van der Waals surface area (Å²) >= 11 is 0. The fourth-order valence-corrected chi connectivity index (χ4v) is 2.00. The van der Waals surface area contributed by atoms with Crippen molar-refractivity contribution in [1.29, 1.82) is 0 Å². The van der Waals surface area contributed by atoms with E-state index < -0.39 is 0 Å². The van der Waals surface area contributed by atoms with E-state index in [4.69, 9.17) is 4.74 Å². The summed E-state index contributed by atoms with van der Waals surface area (Å²) in [5.74, 6) is 0.926. The summed E-state index contributed by atoms with van der Waals surface area (Å²) in [5.41, 5.74) is 1.12.